The molecule has 0 fully saturated rings. The van der Waals surface area contributed by atoms with Crippen LogP contribution in [-0.2, 0) is 11.2 Å². The Balaban J connectivity index is 2.66. The van der Waals surface area contributed by atoms with Gasteiger partial charge in [-0.25, -0.2) is 0 Å². The molecule has 0 aliphatic rings. The Morgan fingerprint density at radius 1 is 1.38 bits per heavy atom. The first-order valence-electron chi connectivity index (χ1n) is 5.65. The van der Waals surface area contributed by atoms with Crippen LogP contribution in [0.2, 0.25) is 0 Å². The molecule has 0 aliphatic carbocycles. The highest BCUT2D eigenvalue weighted by atomic mass is 16.2. The molecule has 0 unspecified atom stereocenters. The molecule has 3 nitrogen and oxygen atoms in total. The molecule has 0 aromatic heterocycles. The fraction of sp³-hybridized carbons (Fsp3) is 0.462. The molecule has 0 saturated heterocycles. The minimum atomic E-state index is -0.132. The van der Waals surface area contributed by atoms with Gasteiger partial charge in [0.2, 0.25) is 5.91 Å². The van der Waals surface area contributed by atoms with Gasteiger partial charge in [-0.2, -0.15) is 0 Å². The van der Waals surface area contributed by atoms with E-state index in [0.29, 0.717) is 0 Å². The van der Waals surface area contributed by atoms with Crippen molar-refractivity contribution in [2.45, 2.75) is 19.4 Å². The van der Waals surface area contributed by atoms with E-state index in [-0.39, 0.29) is 11.9 Å². The number of likely N-dealkylation sites (N-methyl/N-ethyl adjacent to an activating group) is 2. The number of nitrogens with zero attached hydrogens (tertiary/aromatic N) is 1. The monoisotopic (exact) mass is 220 g/mol. The summed E-state index contributed by atoms with van der Waals surface area (Å²) in [5.41, 5.74) is 1.18. The molecule has 0 bridgehead atoms. The summed E-state index contributed by atoms with van der Waals surface area (Å²) >= 11 is 0. The number of amides is 1. The summed E-state index contributed by atoms with van der Waals surface area (Å²) in [6.45, 7) is 2.72. The first-order valence-corrected chi connectivity index (χ1v) is 5.65. The molecule has 1 atom stereocenters. The Labute approximate surface area is 97.5 Å². The molecule has 1 amide bonds. The highest BCUT2D eigenvalue weighted by Gasteiger charge is 2.19. The van der Waals surface area contributed by atoms with E-state index in [0.717, 1.165) is 13.0 Å². The number of carbonyl (C=O) groups excluding carboxylic acids is 1. The molecule has 1 rings (SSSR count). The number of rotatable bonds is 5. The minimum Gasteiger partial charge on any atom is -0.345 e. The summed E-state index contributed by atoms with van der Waals surface area (Å²) in [5, 5.41) is 3.07. The molecule has 3 heteroatoms. The largest absolute Gasteiger partial charge is 0.345 e. The Morgan fingerprint density at radius 2 is 2.00 bits per heavy atom. The van der Waals surface area contributed by atoms with Crippen molar-refractivity contribution in [3.05, 3.63) is 35.9 Å². The Kier molecular flexibility index (Phi) is 4.99. The van der Waals surface area contributed by atoms with Crippen molar-refractivity contribution in [3.63, 3.8) is 0 Å². The van der Waals surface area contributed by atoms with Crippen LogP contribution in [0.3, 0.4) is 0 Å². The average Bonchev–Trinajstić information content (AvgIpc) is 2.35. The smallest absolute Gasteiger partial charge is 0.239 e. The predicted molar refractivity (Wildman–Crippen MR) is 66.3 cm³/mol. The second-order valence-electron chi connectivity index (χ2n) is 3.88. The quantitative estimate of drug-likeness (QED) is 0.811. The van der Waals surface area contributed by atoms with Crippen LogP contribution in [0.4, 0.5) is 0 Å². The maximum absolute atomic E-state index is 12.0. The topological polar surface area (TPSA) is 32.3 Å². The SMILES string of the molecule is CCN(C)C(=O)[C@H](Cc1ccccc1)NC. The molecular weight excluding hydrogens is 200 g/mol. The highest BCUT2D eigenvalue weighted by Crippen LogP contribution is 2.04. The average molecular weight is 220 g/mol. The predicted octanol–water partition coefficient (Wildman–Crippen LogP) is 1.30. The van der Waals surface area contributed by atoms with E-state index in [4.69, 9.17) is 0 Å². The summed E-state index contributed by atoms with van der Waals surface area (Å²) in [5.74, 6) is 0.147. The molecule has 88 valence electrons. The molecule has 1 aromatic rings. The normalized spacial score (nSPS) is 12.2. The van der Waals surface area contributed by atoms with Crippen LogP contribution in [-0.4, -0.2) is 37.5 Å². The van der Waals surface area contributed by atoms with Crippen LogP contribution in [0.15, 0.2) is 30.3 Å². The summed E-state index contributed by atoms with van der Waals surface area (Å²) in [4.78, 5) is 13.7. The van der Waals surface area contributed by atoms with E-state index in [2.05, 4.69) is 5.32 Å². The van der Waals surface area contributed by atoms with Gasteiger partial charge in [-0.3, -0.25) is 4.79 Å². The van der Waals surface area contributed by atoms with E-state index in [1.54, 1.807) is 4.90 Å². The summed E-state index contributed by atoms with van der Waals surface area (Å²) in [6, 6.07) is 9.93. The van der Waals surface area contributed by atoms with Crippen LogP contribution in [0, 0.1) is 0 Å². The lowest BCUT2D eigenvalue weighted by molar-refractivity contribution is -0.131. The van der Waals surface area contributed by atoms with Crippen molar-refractivity contribution < 1.29 is 4.79 Å². The lowest BCUT2D eigenvalue weighted by Crippen LogP contribution is -2.44. The molecule has 0 spiro atoms. The van der Waals surface area contributed by atoms with E-state index in [1.165, 1.54) is 5.56 Å². The fourth-order valence-electron chi connectivity index (χ4n) is 1.58. The van der Waals surface area contributed by atoms with Gasteiger partial charge in [0.05, 0.1) is 6.04 Å². The van der Waals surface area contributed by atoms with Crippen molar-refractivity contribution in [1.29, 1.82) is 0 Å². The summed E-state index contributed by atoms with van der Waals surface area (Å²) in [6.07, 6.45) is 0.737. The molecule has 0 radical (unpaired) electrons. The first kappa shape index (κ1) is 12.7. The lowest BCUT2D eigenvalue weighted by Gasteiger charge is -2.22. The van der Waals surface area contributed by atoms with Crippen LogP contribution < -0.4 is 5.32 Å². The summed E-state index contributed by atoms with van der Waals surface area (Å²) < 4.78 is 0. The molecule has 0 saturated carbocycles. The van der Waals surface area contributed by atoms with Gasteiger partial charge in [0.25, 0.3) is 0 Å². The van der Waals surface area contributed by atoms with Crippen molar-refractivity contribution in [2.75, 3.05) is 20.6 Å². The number of carbonyl (C=O) groups is 1. The zero-order valence-electron chi connectivity index (χ0n) is 10.2. The van der Waals surface area contributed by atoms with E-state index < -0.39 is 0 Å². The van der Waals surface area contributed by atoms with Gasteiger partial charge < -0.3 is 10.2 Å². The maximum atomic E-state index is 12.0. The van der Waals surface area contributed by atoms with Crippen LogP contribution in [0.1, 0.15) is 12.5 Å². The third-order valence-electron chi connectivity index (χ3n) is 2.78. The zero-order chi connectivity index (χ0) is 12.0. The van der Waals surface area contributed by atoms with Crippen LogP contribution >= 0.6 is 0 Å². The molecule has 1 aromatic carbocycles. The molecule has 0 heterocycles. The first-order chi connectivity index (χ1) is 7.69. The highest BCUT2D eigenvalue weighted by molar-refractivity contribution is 5.81. The standard InChI is InChI=1S/C13H20N2O/c1-4-15(3)13(16)12(14-2)10-11-8-6-5-7-9-11/h5-9,12,14H,4,10H2,1-3H3/t12-/m0/s1. The van der Waals surface area contributed by atoms with Crippen molar-refractivity contribution in [2.24, 2.45) is 0 Å². The van der Waals surface area contributed by atoms with Crippen molar-refractivity contribution in [1.82, 2.24) is 10.2 Å². The van der Waals surface area contributed by atoms with Gasteiger partial charge >= 0.3 is 0 Å². The summed E-state index contributed by atoms with van der Waals surface area (Å²) in [7, 11) is 3.66. The van der Waals surface area contributed by atoms with Crippen LogP contribution in [0.25, 0.3) is 0 Å². The second kappa shape index (κ2) is 6.28. The van der Waals surface area contributed by atoms with Crippen LogP contribution in [0.5, 0.6) is 0 Å². The molecule has 0 aliphatic heterocycles. The van der Waals surface area contributed by atoms with Gasteiger partial charge in [-0.15, -0.1) is 0 Å². The maximum Gasteiger partial charge on any atom is 0.239 e. The van der Waals surface area contributed by atoms with Crippen molar-refractivity contribution >= 4 is 5.91 Å². The van der Waals surface area contributed by atoms with Gasteiger partial charge in [0, 0.05) is 13.6 Å². The van der Waals surface area contributed by atoms with E-state index in [1.807, 2.05) is 51.4 Å². The third-order valence-corrected chi connectivity index (χ3v) is 2.78. The number of hydrogen-bond donors (Lipinski definition) is 1. The minimum absolute atomic E-state index is 0.132. The fourth-order valence-corrected chi connectivity index (χ4v) is 1.58. The van der Waals surface area contributed by atoms with Gasteiger partial charge in [-0.1, -0.05) is 30.3 Å². The zero-order valence-corrected chi connectivity index (χ0v) is 10.2. The molecule has 16 heavy (non-hydrogen) atoms. The van der Waals surface area contributed by atoms with E-state index in [9.17, 15) is 4.79 Å². The number of benzene rings is 1. The Morgan fingerprint density at radius 3 is 2.50 bits per heavy atom. The second-order valence-corrected chi connectivity index (χ2v) is 3.88. The number of nitrogens with one attached hydrogen (secondary N) is 1. The van der Waals surface area contributed by atoms with Gasteiger partial charge in [0.1, 0.15) is 0 Å². The Hall–Kier alpha value is -1.35. The molecule has 1 N–H and O–H groups in total. The Bertz CT molecular complexity index is 324. The van der Waals surface area contributed by atoms with E-state index >= 15 is 0 Å². The van der Waals surface area contributed by atoms with Crippen molar-refractivity contribution in [3.8, 4) is 0 Å². The van der Waals surface area contributed by atoms with Gasteiger partial charge in [0.15, 0.2) is 0 Å². The third kappa shape index (κ3) is 3.35. The van der Waals surface area contributed by atoms with Gasteiger partial charge in [-0.05, 0) is 26.0 Å². The number of hydrogen-bond acceptors (Lipinski definition) is 2. The molecular formula is C13H20N2O. The lowest BCUT2D eigenvalue weighted by atomic mass is 10.1.